The Kier molecular flexibility index (Phi) is 3.94. The lowest BCUT2D eigenvalue weighted by atomic mass is 10.2. The molecule has 2 rings (SSSR count). The van der Waals surface area contributed by atoms with Crippen LogP contribution in [0.3, 0.4) is 0 Å². The molecule has 0 saturated heterocycles. The highest BCUT2D eigenvalue weighted by Crippen LogP contribution is 2.43. The van der Waals surface area contributed by atoms with Gasteiger partial charge in [0.15, 0.2) is 0 Å². The first-order valence-electron chi connectivity index (χ1n) is 5.17. The molecule has 0 heterocycles. The Morgan fingerprint density at radius 1 is 0.833 bits per heavy atom. The number of benzene rings is 2. The van der Waals surface area contributed by atoms with Crippen molar-refractivity contribution in [3.05, 3.63) is 60.2 Å². The third kappa shape index (κ3) is 2.85. The van der Waals surface area contributed by atoms with Crippen LogP contribution in [0.2, 0.25) is 0 Å². The first-order valence-corrected chi connectivity index (χ1v) is 7.42. The summed E-state index contributed by atoms with van der Waals surface area (Å²) in [6.07, 6.45) is -4.37. The van der Waals surface area contributed by atoms with E-state index in [0.717, 1.165) is 6.07 Å². The lowest BCUT2D eigenvalue weighted by molar-refractivity contribution is -0.136. The van der Waals surface area contributed by atoms with Crippen molar-refractivity contribution in [2.45, 2.75) is 6.18 Å². The molecule has 94 valence electrons. The summed E-state index contributed by atoms with van der Waals surface area (Å²) in [6.45, 7) is 0. The van der Waals surface area contributed by atoms with Gasteiger partial charge in [-0.3, -0.25) is 0 Å². The van der Waals surface area contributed by atoms with Crippen LogP contribution in [0.1, 0.15) is 5.56 Å². The molecule has 0 saturated carbocycles. The molecule has 0 fully saturated rings. The van der Waals surface area contributed by atoms with E-state index in [0.29, 0.717) is 5.30 Å². The molecular weight excluding hydrogens is 280 g/mol. The van der Waals surface area contributed by atoms with Crippen molar-refractivity contribution in [1.29, 1.82) is 0 Å². The predicted molar refractivity (Wildman–Crippen MR) is 69.9 cm³/mol. The summed E-state index contributed by atoms with van der Waals surface area (Å²) in [5.74, 6) is 0. The van der Waals surface area contributed by atoms with Crippen molar-refractivity contribution >= 4 is 29.1 Å². The molecular formula is C13H9ClF3P. The maximum Gasteiger partial charge on any atom is 0.417 e. The second-order valence-corrected chi connectivity index (χ2v) is 6.21. The smallest absolute Gasteiger partial charge is 0.166 e. The summed E-state index contributed by atoms with van der Waals surface area (Å²) in [6, 6.07) is 14.3. The van der Waals surface area contributed by atoms with Crippen LogP contribution in [0, 0.1) is 0 Å². The fourth-order valence-corrected chi connectivity index (χ4v) is 3.70. The van der Waals surface area contributed by atoms with E-state index in [-0.39, 0.29) is 5.30 Å². The molecule has 1 unspecified atom stereocenters. The van der Waals surface area contributed by atoms with Crippen molar-refractivity contribution in [2.24, 2.45) is 0 Å². The van der Waals surface area contributed by atoms with E-state index in [9.17, 15) is 13.2 Å². The lowest BCUT2D eigenvalue weighted by Crippen LogP contribution is -2.19. The van der Waals surface area contributed by atoms with Crippen LogP contribution >= 0.6 is 18.5 Å². The van der Waals surface area contributed by atoms with Crippen molar-refractivity contribution in [3.8, 4) is 0 Å². The first-order chi connectivity index (χ1) is 8.50. The van der Waals surface area contributed by atoms with E-state index in [1.807, 2.05) is 0 Å². The lowest BCUT2D eigenvalue weighted by Gasteiger charge is -2.16. The second-order valence-electron chi connectivity index (χ2n) is 3.63. The van der Waals surface area contributed by atoms with Gasteiger partial charge in [0, 0.05) is 5.30 Å². The van der Waals surface area contributed by atoms with Crippen molar-refractivity contribution in [2.75, 3.05) is 0 Å². The van der Waals surface area contributed by atoms with Gasteiger partial charge >= 0.3 is 6.18 Å². The molecule has 1 atom stereocenters. The maximum absolute atomic E-state index is 12.9. The van der Waals surface area contributed by atoms with E-state index < -0.39 is 19.0 Å². The first kappa shape index (κ1) is 13.4. The Hall–Kier alpha value is -1.05. The van der Waals surface area contributed by atoms with Gasteiger partial charge in [0.2, 0.25) is 0 Å². The van der Waals surface area contributed by atoms with Crippen LogP contribution in [0.25, 0.3) is 0 Å². The number of hydrogen-bond acceptors (Lipinski definition) is 0. The van der Waals surface area contributed by atoms with Crippen LogP contribution in [0.4, 0.5) is 13.2 Å². The van der Waals surface area contributed by atoms with Crippen LogP contribution in [0.5, 0.6) is 0 Å². The van der Waals surface area contributed by atoms with Gasteiger partial charge in [-0.2, -0.15) is 13.2 Å². The molecule has 0 nitrogen and oxygen atoms in total. The van der Waals surface area contributed by atoms with E-state index in [2.05, 4.69) is 0 Å². The van der Waals surface area contributed by atoms with Gasteiger partial charge in [-0.05, 0) is 11.4 Å². The minimum Gasteiger partial charge on any atom is -0.166 e. The molecule has 5 heteroatoms. The Morgan fingerprint density at radius 3 is 2.00 bits per heavy atom. The minimum atomic E-state index is -4.37. The Bertz CT molecular complexity index is 525. The minimum absolute atomic E-state index is 0.146. The Morgan fingerprint density at radius 2 is 1.39 bits per heavy atom. The molecule has 0 radical (unpaired) electrons. The van der Waals surface area contributed by atoms with Crippen LogP contribution in [0.15, 0.2) is 54.6 Å². The molecule has 0 aliphatic rings. The summed E-state index contributed by atoms with van der Waals surface area (Å²) >= 11 is 6.21. The van der Waals surface area contributed by atoms with Gasteiger partial charge in [-0.15, -0.1) is 0 Å². The largest absolute Gasteiger partial charge is 0.417 e. The Balaban J connectivity index is 2.46. The third-order valence-electron chi connectivity index (χ3n) is 2.40. The fraction of sp³-hybridized carbons (Fsp3) is 0.0769. The van der Waals surface area contributed by atoms with Gasteiger partial charge in [0.1, 0.15) is 0 Å². The van der Waals surface area contributed by atoms with Crippen LogP contribution in [-0.2, 0) is 6.18 Å². The number of halogens is 4. The molecule has 18 heavy (non-hydrogen) atoms. The number of alkyl halides is 3. The monoisotopic (exact) mass is 288 g/mol. The summed E-state index contributed by atoms with van der Waals surface area (Å²) in [5.41, 5.74) is -0.657. The van der Waals surface area contributed by atoms with E-state index in [1.165, 1.54) is 12.1 Å². The number of hydrogen-bond donors (Lipinski definition) is 0. The molecule has 0 N–H and O–H groups in total. The third-order valence-corrected chi connectivity index (χ3v) is 5.10. The fourth-order valence-electron chi connectivity index (χ4n) is 1.58. The normalized spacial score (nSPS) is 13.3. The Labute approximate surface area is 109 Å². The molecule has 0 spiro atoms. The van der Waals surface area contributed by atoms with Crippen LogP contribution in [-0.4, -0.2) is 0 Å². The molecule has 0 bridgehead atoms. The summed E-state index contributed by atoms with van der Waals surface area (Å²) in [5, 5.41) is 0.860. The van der Waals surface area contributed by atoms with E-state index >= 15 is 0 Å². The predicted octanol–water partition coefficient (Wildman–Crippen LogP) is 4.29. The van der Waals surface area contributed by atoms with Gasteiger partial charge < -0.3 is 0 Å². The standard InChI is InChI=1S/C13H9ClF3P/c14-18(10-6-2-1-3-7-10)12-9-5-4-8-11(12)13(15,16)17/h1-9H. The summed E-state index contributed by atoms with van der Waals surface area (Å²) in [4.78, 5) is 0. The maximum atomic E-state index is 12.9. The molecule has 2 aromatic rings. The van der Waals surface area contributed by atoms with Gasteiger partial charge in [-0.1, -0.05) is 59.8 Å². The SMILES string of the molecule is FC(F)(F)c1ccccc1P(Cl)c1ccccc1. The molecule has 2 aromatic carbocycles. The van der Waals surface area contributed by atoms with E-state index in [4.69, 9.17) is 11.2 Å². The highest BCUT2D eigenvalue weighted by atomic mass is 35.7. The molecule has 0 aliphatic heterocycles. The highest BCUT2D eigenvalue weighted by Gasteiger charge is 2.34. The quantitative estimate of drug-likeness (QED) is 0.723. The topological polar surface area (TPSA) is 0 Å². The van der Waals surface area contributed by atoms with Crippen molar-refractivity contribution in [3.63, 3.8) is 0 Å². The van der Waals surface area contributed by atoms with Crippen molar-refractivity contribution < 1.29 is 13.2 Å². The second kappa shape index (κ2) is 5.29. The van der Waals surface area contributed by atoms with Gasteiger partial charge in [-0.25, -0.2) is 0 Å². The molecule has 0 aromatic heterocycles. The molecule has 0 aliphatic carbocycles. The zero-order valence-corrected chi connectivity index (χ0v) is 10.8. The van der Waals surface area contributed by atoms with Crippen molar-refractivity contribution in [1.82, 2.24) is 0 Å². The highest BCUT2D eigenvalue weighted by molar-refractivity contribution is 7.95. The van der Waals surface area contributed by atoms with Gasteiger partial charge in [0.05, 0.1) is 12.8 Å². The van der Waals surface area contributed by atoms with E-state index in [1.54, 1.807) is 36.4 Å². The van der Waals surface area contributed by atoms with Crippen LogP contribution < -0.4 is 10.6 Å². The summed E-state index contributed by atoms with van der Waals surface area (Å²) in [7, 11) is -1.50. The zero-order chi connectivity index (χ0) is 13.2. The van der Waals surface area contributed by atoms with Gasteiger partial charge in [0.25, 0.3) is 0 Å². The molecule has 0 amide bonds. The zero-order valence-electron chi connectivity index (χ0n) is 9.16. The number of rotatable bonds is 2. The average molecular weight is 289 g/mol. The average Bonchev–Trinajstić information content (AvgIpc) is 2.38. The summed E-state index contributed by atoms with van der Waals surface area (Å²) < 4.78 is 38.6.